The molecule has 0 atom stereocenters. The number of aryl methyl sites for hydroxylation is 2. The van der Waals surface area contributed by atoms with E-state index in [0.717, 1.165) is 0 Å². The SMILES string of the molecule is Cn1ncc2c(=O)n(CCC(=O)OCCOc3cccc(Cl)c3)cnc21. The van der Waals surface area contributed by atoms with E-state index in [-0.39, 0.29) is 31.7 Å². The summed E-state index contributed by atoms with van der Waals surface area (Å²) in [5.74, 6) is 0.189. The van der Waals surface area contributed by atoms with Crippen LogP contribution in [0.1, 0.15) is 6.42 Å². The number of halogens is 1. The third kappa shape index (κ3) is 4.20. The van der Waals surface area contributed by atoms with Crippen LogP contribution in [0.4, 0.5) is 0 Å². The van der Waals surface area contributed by atoms with Crippen molar-refractivity contribution in [3.8, 4) is 5.75 Å². The van der Waals surface area contributed by atoms with Crippen LogP contribution in [-0.2, 0) is 23.1 Å². The third-order valence-electron chi connectivity index (χ3n) is 3.69. The quantitative estimate of drug-likeness (QED) is 0.461. The van der Waals surface area contributed by atoms with Gasteiger partial charge in [0.15, 0.2) is 5.65 Å². The zero-order valence-corrected chi connectivity index (χ0v) is 14.8. The first-order valence-corrected chi connectivity index (χ1v) is 8.33. The molecule has 8 nitrogen and oxygen atoms in total. The Bertz CT molecular complexity index is 982. The van der Waals surface area contributed by atoms with Crippen LogP contribution in [-0.4, -0.2) is 38.5 Å². The third-order valence-corrected chi connectivity index (χ3v) is 3.92. The molecule has 9 heteroatoms. The van der Waals surface area contributed by atoms with E-state index in [1.165, 1.54) is 21.8 Å². The average Bonchev–Trinajstić information content (AvgIpc) is 3.00. The van der Waals surface area contributed by atoms with Crippen molar-refractivity contribution in [2.75, 3.05) is 13.2 Å². The Morgan fingerprint density at radius 2 is 2.15 bits per heavy atom. The van der Waals surface area contributed by atoms with Crippen LogP contribution in [0.3, 0.4) is 0 Å². The number of benzene rings is 1. The molecule has 2 aromatic heterocycles. The maximum atomic E-state index is 12.3. The number of nitrogens with zero attached hydrogens (tertiary/aromatic N) is 4. The van der Waals surface area contributed by atoms with Crippen molar-refractivity contribution in [3.05, 3.63) is 52.2 Å². The second-order valence-electron chi connectivity index (χ2n) is 5.52. The molecule has 0 saturated carbocycles. The summed E-state index contributed by atoms with van der Waals surface area (Å²) in [4.78, 5) is 28.3. The summed E-state index contributed by atoms with van der Waals surface area (Å²) < 4.78 is 13.4. The smallest absolute Gasteiger partial charge is 0.307 e. The summed E-state index contributed by atoms with van der Waals surface area (Å²) in [5.41, 5.74) is 0.271. The zero-order valence-electron chi connectivity index (χ0n) is 14.1. The Hall–Kier alpha value is -2.87. The summed E-state index contributed by atoms with van der Waals surface area (Å²) in [7, 11) is 1.71. The van der Waals surface area contributed by atoms with Crippen LogP contribution in [0, 0.1) is 0 Å². The average molecular weight is 377 g/mol. The minimum Gasteiger partial charge on any atom is -0.490 e. The fraction of sp³-hybridized carbons (Fsp3) is 0.294. The number of esters is 1. The van der Waals surface area contributed by atoms with Gasteiger partial charge in [-0.1, -0.05) is 17.7 Å². The van der Waals surface area contributed by atoms with Crippen LogP contribution < -0.4 is 10.3 Å². The molecule has 0 radical (unpaired) electrons. The molecule has 0 amide bonds. The molecular formula is C17H17ClN4O4. The molecule has 0 bridgehead atoms. The maximum absolute atomic E-state index is 12.3. The van der Waals surface area contributed by atoms with Crippen LogP contribution in [0.5, 0.6) is 5.75 Å². The molecule has 136 valence electrons. The van der Waals surface area contributed by atoms with Gasteiger partial charge in [-0.15, -0.1) is 0 Å². The highest BCUT2D eigenvalue weighted by molar-refractivity contribution is 6.30. The molecule has 3 rings (SSSR count). The lowest BCUT2D eigenvalue weighted by Crippen LogP contribution is -2.23. The topological polar surface area (TPSA) is 88.2 Å². The largest absolute Gasteiger partial charge is 0.490 e. The van der Waals surface area contributed by atoms with Gasteiger partial charge >= 0.3 is 5.97 Å². The first-order valence-electron chi connectivity index (χ1n) is 7.96. The lowest BCUT2D eigenvalue weighted by Gasteiger charge is -2.08. The van der Waals surface area contributed by atoms with Gasteiger partial charge in [0.05, 0.1) is 18.9 Å². The zero-order chi connectivity index (χ0) is 18.5. The summed E-state index contributed by atoms with van der Waals surface area (Å²) in [6, 6.07) is 6.96. The van der Waals surface area contributed by atoms with Gasteiger partial charge in [0.1, 0.15) is 24.3 Å². The van der Waals surface area contributed by atoms with Crippen LogP contribution in [0.15, 0.2) is 41.6 Å². The van der Waals surface area contributed by atoms with Gasteiger partial charge in [-0.05, 0) is 18.2 Å². The van der Waals surface area contributed by atoms with Gasteiger partial charge in [0.25, 0.3) is 5.56 Å². The van der Waals surface area contributed by atoms with Crippen molar-refractivity contribution >= 4 is 28.6 Å². The Morgan fingerprint density at radius 3 is 2.96 bits per heavy atom. The molecule has 0 aliphatic rings. The molecule has 0 aliphatic carbocycles. The standard InChI is InChI=1S/C17H17ClN4O4/c1-21-16-14(10-20-21)17(24)22(11-19-16)6-5-15(23)26-8-7-25-13-4-2-3-12(18)9-13/h2-4,9-11H,5-8H2,1H3. The normalized spacial score (nSPS) is 10.8. The second-order valence-corrected chi connectivity index (χ2v) is 5.96. The number of ether oxygens (including phenoxy) is 2. The number of fused-ring (bicyclic) bond motifs is 1. The van der Waals surface area contributed by atoms with Gasteiger partial charge in [-0.25, -0.2) is 4.98 Å². The van der Waals surface area contributed by atoms with E-state index in [9.17, 15) is 9.59 Å². The molecular weight excluding hydrogens is 360 g/mol. The summed E-state index contributed by atoms with van der Waals surface area (Å²) in [6.45, 7) is 0.514. The minimum absolute atomic E-state index is 0.0600. The Labute approximate surface area is 153 Å². The molecule has 0 fully saturated rings. The predicted molar refractivity (Wildman–Crippen MR) is 95.3 cm³/mol. The molecule has 0 aliphatic heterocycles. The Morgan fingerprint density at radius 1 is 1.31 bits per heavy atom. The number of carbonyl (C=O) groups excluding carboxylic acids is 1. The lowest BCUT2D eigenvalue weighted by molar-refractivity contribution is -0.144. The van der Waals surface area contributed by atoms with Crippen molar-refractivity contribution in [1.29, 1.82) is 0 Å². The van der Waals surface area contributed by atoms with E-state index in [4.69, 9.17) is 21.1 Å². The van der Waals surface area contributed by atoms with Gasteiger partial charge in [-0.2, -0.15) is 5.10 Å². The van der Waals surface area contributed by atoms with Gasteiger partial charge in [0.2, 0.25) is 0 Å². The van der Waals surface area contributed by atoms with E-state index in [1.54, 1.807) is 31.3 Å². The Balaban J connectivity index is 1.45. The van der Waals surface area contributed by atoms with Crippen molar-refractivity contribution in [2.24, 2.45) is 7.05 Å². The van der Waals surface area contributed by atoms with Crippen molar-refractivity contribution in [2.45, 2.75) is 13.0 Å². The molecule has 0 N–H and O–H groups in total. The monoisotopic (exact) mass is 376 g/mol. The molecule has 2 heterocycles. The number of aromatic nitrogens is 4. The molecule has 0 unspecified atom stereocenters. The predicted octanol–water partition coefficient (Wildman–Crippen LogP) is 1.80. The molecule has 26 heavy (non-hydrogen) atoms. The van der Waals surface area contributed by atoms with E-state index in [0.29, 0.717) is 21.8 Å². The van der Waals surface area contributed by atoms with Gasteiger partial charge in [-0.3, -0.25) is 18.8 Å². The van der Waals surface area contributed by atoms with E-state index in [1.807, 2.05) is 0 Å². The van der Waals surface area contributed by atoms with E-state index in [2.05, 4.69) is 10.1 Å². The van der Waals surface area contributed by atoms with Crippen molar-refractivity contribution in [3.63, 3.8) is 0 Å². The molecule has 1 aromatic carbocycles. The lowest BCUT2D eigenvalue weighted by atomic mass is 10.3. The van der Waals surface area contributed by atoms with Crippen molar-refractivity contribution < 1.29 is 14.3 Å². The summed E-state index contributed by atoms with van der Waals surface area (Å²) in [6.07, 6.45) is 2.93. The minimum atomic E-state index is -0.419. The highest BCUT2D eigenvalue weighted by atomic mass is 35.5. The maximum Gasteiger partial charge on any atom is 0.307 e. The fourth-order valence-electron chi connectivity index (χ4n) is 2.38. The van der Waals surface area contributed by atoms with Crippen LogP contribution >= 0.6 is 11.6 Å². The number of hydrogen-bond acceptors (Lipinski definition) is 6. The number of carbonyl (C=O) groups is 1. The van der Waals surface area contributed by atoms with Gasteiger partial charge in [0, 0.05) is 18.6 Å². The number of rotatable bonds is 7. The first kappa shape index (κ1) is 17.9. The van der Waals surface area contributed by atoms with Crippen LogP contribution in [0.2, 0.25) is 5.02 Å². The number of hydrogen-bond donors (Lipinski definition) is 0. The Kier molecular flexibility index (Phi) is 5.52. The van der Waals surface area contributed by atoms with Crippen LogP contribution in [0.25, 0.3) is 11.0 Å². The summed E-state index contributed by atoms with van der Waals surface area (Å²) in [5, 5.41) is 4.99. The molecule has 0 spiro atoms. The first-order chi connectivity index (χ1) is 12.5. The highest BCUT2D eigenvalue weighted by Crippen LogP contribution is 2.16. The fourth-order valence-corrected chi connectivity index (χ4v) is 2.56. The van der Waals surface area contributed by atoms with E-state index >= 15 is 0 Å². The highest BCUT2D eigenvalue weighted by Gasteiger charge is 2.10. The summed E-state index contributed by atoms with van der Waals surface area (Å²) >= 11 is 5.85. The molecule has 0 saturated heterocycles. The van der Waals surface area contributed by atoms with Crippen molar-refractivity contribution in [1.82, 2.24) is 19.3 Å². The second kappa shape index (κ2) is 8.01. The van der Waals surface area contributed by atoms with Gasteiger partial charge < -0.3 is 9.47 Å². The molecule has 3 aromatic rings. The van der Waals surface area contributed by atoms with E-state index < -0.39 is 5.97 Å².